The summed E-state index contributed by atoms with van der Waals surface area (Å²) < 4.78 is 39.7. The average molecular weight is 305 g/mol. The Labute approximate surface area is 115 Å². The first-order valence-electron chi connectivity index (χ1n) is 5.34. The van der Waals surface area contributed by atoms with Crippen LogP contribution in [-0.2, 0) is 0 Å². The Morgan fingerprint density at radius 2 is 1.95 bits per heavy atom. The van der Waals surface area contributed by atoms with Gasteiger partial charge in [0, 0.05) is 5.69 Å². The predicted octanol–water partition coefficient (Wildman–Crippen LogP) is 2.73. The number of aromatic nitrogens is 1. The second kappa shape index (κ2) is 5.55. The topological polar surface area (TPSA) is 80.4 Å². The lowest BCUT2D eigenvalue weighted by Crippen LogP contribution is -2.17. The van der Waals surface area contributed by atoms with Crippen molar-refractivity contribution in [1.29, 1.82) is 0 Å². The molecular weight excluding hydrogens is 295 g/mol. The van der Waals surface area contributed by atoms with Gasteiger partial charge in [0.05, 0.1) is 10.4 Å². The number of benzene rings is 1. The second-order valence-corrected chi connectivity index (χ2v) is 4.61. The second-order valence-electron chi connectivity index (χ2n) is 3.72. The highest BCUT2D eigenvalue weighted by atomic mass is 32.1. The van der Waals surface area contributed by atoms with Crippen molar-refractivity contribution >= 4 is 22.8 Å². The Hall–Kier alpha value is -2.00. The van der Waals surface area contributed by atoms with Gasteiger partial charge in [-0.3, -0.25) is 0 Å². The van der Waals surface area contributed by atoms with Crippen molar-refractivity contribution in [3.63, 3.8) is 0 Å². The highest BCUT2D eigenvalue weighted by molar-refractivity contribution is 7.10. The van der Waals surface area contributed by atoms with Crippen LogP contribution in [-0.4, -0.2) is 16.5 Å². The largest absolute Gasteiger partial charge is 0.573 e. The summed E-state index contributed by atoms with van der Waals surface area (Å²) >= 11 is 1.17. The molecule has 2 aromatic rings. The number of ether oxygens (including phenoxy) is 1. The average Bonchev–Trinajstić information content (AvgIpc) is 2.76. The third kappa shape index (κ3) is 3.75. The van der Waals surface area contributed by atoms with Gasteiger partial charge in [0.1, 0.15) is 11.6 Å². The Kier molecular flexibility index (Phi) is 4.00. The summed E-state index contributed by atoms with van der Waals surface area (Å²) in [7, 11) is 0. The molecule has 0 amide bonds. The standard InChI is InChI=1S/C11H10F3N3O2S/c12-11(13,14)19-7-3-1-6(2-4-7)17-10(18)8-9(15)16-5-20-8/h1-5,10,17-18H,15H2. The van der Waals surface area contributed by atoms with Crippen LogP contribution in [0.3, 0.4) is 0 Å². The van der Waals surface area contributed by atoms with Gasteiger partial charge in [-0.15, -0.1) is 24.5 Å². The molecule has 0 spiro atoms. The molecule has 20 heavy (non-hydrogen) atoms. The van der Waals surface area contributed by atoms with Gasteiger partial charge in [-0.05, 0) is 24.3 Å². The van der Waals surface area contributed by atoms with E-state index in [0.29, 0.717) is 10.6 Å². The van der Waals surface area contributed by atoms with E-state index in [1.807, 2.05) is 0 Å². The van der Waals surface area contributed by atoms with Crippen molar-refractivity contribution in [2.24, 2.45) is 0 Å². The number of aliphatic hydroxyl groups excluding tert-OH is 1. The van der Waals surface area contributed by atoms with Crippen LogP contribution in [0.1, 0.15) is 11.1 Å². The van der Waals surface area contributed by atoms with E-state index in [1.165, 1.54) is 29.0 Å². The maximum absolute atomic E-state index is 12.0. The van der Waals surface area contributed by atoms with Gasteiger partial charge in [0.25, 0.3) is 0 Å². The Morgan fingerprint density at radius 1 is 1.30 bits per heavy atom. The van der Waals surface area contributed by atoms with E-state index in [0.717, 1.165) is 12.1 Å². The molecule has 1 heterocycles. The van der Waals surface area contributed by atoms with Gasteiger partial charge in [-0.25, -0.2) is 4.98 Å². The minimum atomic E-state index is -4.73. The molecule has 4 N–H and O–H groups in total. The first-order valence-corrected chi connectivity index (χ1v) is 6.22. The minimum absolute atomic E-state index is 0.201. The fourth-order valence-corrected chi connectivity index (χ4v) is 2.09. The number of hydrogen-bond acceptors (Lipinski definition) is 6. The Morgan fingerprint density at radius 3 is 2.45 bits per heavy atom. The fourth-order valence-electron chi connectivity index (χ4n) is 1.44. The number of thiazole rings is 1. The fraction of sp³-hybridized carbons (Fsp3) is 0.182. The number of alkyl halides is 3. The van der Waals surface area contributed by atoms with Crippen molar-refractivity contribution in [2.45, 2.75) is 12.6 Å². The van der Waals surface area contributed by atoms with Crippen LogP contribution in [0.2, 0.25) is 0 Å². The molecule has 1 atom stereocenters. The summed E-state index contributed by atoms with van der Waals surface area (Å²) in [6, 6.07) is 4.97. The van der Waals surface area contributed by atoms with Crippen molar-refractivity contribution in [1.82, 2.24) is 4.98 Å². The van der Waals surface area contributed by atoms with Gasteiger partial charge in [-0.2, -0.15) is 0 Å². The van der Waals surface area contributed by atoms with Gasteiger partial charge in [-0.1, -0.05) is 0 Å². The molecule has 0 saturated heterocycles. The van der Waals surface area contributed by atoms with Crippen LogP contribution in [0.15, 0.2) is 29.8 Å². The van der Waals surface area contributed by atoms with E-state index in [4.69, 9.17) is 5.73 Å². The molecule has 1 aromatic heterocycles. The summed E-state index contributed by atoms with van der Waals surface area (Å²) in [6.07, 6.45) is -5.82. The number of hydrogen-bond donors (Lipinski definition) is 3. The van der Waals surface area contributed by atoms with Crippen LogP contribution in [0.4, 0.5) is 24.7 Å². The summed E-state index contributed by atoms with van der Waals surface area (Å²) in [5.74, 6) is -0.137. The summed E-state index contributed by atoms with van der Waals surface area (Å²) in [5, 5.41) is 12.6. The van der Waals surface area contributed by atoms with Gasteiger partial charge >= 0.3 is 6.36 Å². The Bertz CT molecular complexity index is 571. The normalized spacial score (nSPS) is 13.0. The first kappa shape index (κ1) is 14.4. The highest BCUT2D eigenvalue weighted by Crippen LogP contribution is 2.27. The summed E-state index contributed by atoms with van der Waals surface area (Å²) in [4.78, 5) is 4.22. The third-order valence-corrected chi connectivity index (χ3v) is 3.16. The predicted molar refractivity (Wildman–Crippen MR) is 68.2 cm³/mol. The Balaban J connectivity index is 2.02. The first-order chi connectivity index (χ1) is 9.35. The van der Waals surface area contributed by atoms with Crippen molar-refractivity contribution in [3.8, 4) is 5.75 Å². The third-order valence-electron chi connectivity index (χ3n) is 2.26. The molecule has 0 bridgehead atoms. The van der Waals surface area contributed by atoms with Gasteiger partial charge in [0.2, 0.25) is 0 Å². The maximum Gasteiger partial charge on any atom is 0.573 e. The molecule has 9 heteroatoms. The van der Waals surface area contributed by atoms with Crippen molar-refractivity contribution < 1.29 is 23.0 Å². The molecule has 1 aromatic carbocycles. The van der Waals surface area contributed by atoms with Crippen LogP contribution in [0, 0.1) is 0 Å². The smallest absolute Gasteiger partial charge is 0.406 e. The molecule has 0 aliphatic heterocycles. The minimum Gasteiger partial charge on any atom is -0.406 e. The zero-order valence-corrected chi connectivity index (χ0v) is 10.7. The van der Waals surface area contributed by atoms with Crippen LogP contribution in [0.5, 0.6) is 5.75 Å². The van der Waals surface area contributed by atoms with E-state index in [1.54, 1.807) is 0 Å². The number of anilines is 2. The van der Waals surface area contributed by atoms with Crippen molar-refractivity contribution in [3.05, 3.63) is 34.7 Å². The molecule has 2 rings (SSSR count). The van der Waals surface area contributed by atoms with E-state index < -0.39 is 12.6 Å². The molecular formula is C11H10F3N3O2S. The number of rotatable bonds is 4. The quantitative estimate of drug-likeness (QED) is 0.757. The summed E-state index contributed by atoms with van der Waals surface area (Å²) in [6.45, 7) is 0. The van der Waals surface area contributed by atoms with Crippen LogP contribution in [0.25, 0.3) is 0 Å². The zero-order valence-electron chi connectivity index (χ0n) is 9.89. The lowest BCUT2D eigenvalue weighted by atomic mass is 10.3. The van der Waals surface area contributed by atoms with Gasteiger partial charge in [0.15, 0.2) is 6.23 Å². The number of nitrogen functional groups attached to an aromatic ring is 1. The van der Waals surface area contributed by atoms with E-state index in [-0.39, 0.29) is 11.6 Å². The molecule has 5 nitrogen and oxygen atoms in total. The molecule has 0 aliphatic rings. The van der Waals surface area contributed by atoms with Crippen molar-refractivity contribution in [2.75, 3.05) is 11.1 Å². The molecule has 1 unspecified atom stereocenters. The number of nitrogens with zero attached hydrogens (tertiary/aromatic N) is 1. The number of nitrogens with one attached hydrogen (secondary N) is 1. The summed E-state index contributed by atoms with van der Waals surface area (Å²) in [5.41, 5.74) is 7.44. The highest BCUT2D eigenvalue weighted by Gasteiger charge is 2.30. The molecule has 0 fully saturated rings. The number of aliphatic hydroxyl groups is 1. The molecule has 0 saturated carbocycles. The maximum atomic E-state index is 12.0. The number of halogens is 3. The number of nitrogens with two attached hydrogens (primary N) is 1. The monoisotopic (exact) mass is 305 g/mol. The van der Waals surface area contributed by atoms with E-state index in [2.05, 4.69) is 15.0 Å². The van der Waals surface area contributed by atoms with E-state index in [9.17, 15) is 18.3 Å². The van der Waals surface area contributed by atoms with E-state index >= 15 is 0 Å². The molecule has 0 aliphatic carbocycles. The molecule has 0 radical (unpaired) electrons. The molecule has 108 valence electrons. The SMILES string of the molecule is Nc1ncsc1C(O)Nc1ccc(OC(F)(F)F)cc1. The van der Waals surface area contributed by atoms with Gasteiger partial charge < -0.3 is 20.9 Å². The zero-order chi connectivity index (χ0) is 14.8. The lowest BCUT2D eigenvalue weighted by Gasteiger charge is -2.14. The van der Waals surface area contributed by atoms with Crippen LogP contribution >= 0.6 is 11.3 Å². The van der Waals surface area contributed by atoms with Crippen LogP contribution < -0.4 is 15.8 Å². The lowest BCUT2D eigenvalue weighted by molar-refractivity contribution is -0.274.